The van der Waals surface area contributed by atoms with Crippen molar-refractivity contribution < 1.29 is 9.84 Å². The first kappa shape index (κ1) is 19.2. The quantitative estimate of drug-likeness (QED) is 0.801. The van der Waals surface area contributed by atoms with Crippen molar-refractivity contribution in [1.82, 2.24) is 14.9 Å². The average molecular weight is 383 g/mol. The molecule has 0 bridgehead atoms. The molecule has 150 valence electrons. The van der Waals surface area contributed by atoms with Gasteiger partial charge in [0.25, 0.3) is 0 Å². The second-order valence-corrected chi connectivity index (χ2v) is 8.54. The van der Waals surface area contributed by atoms with Crippen LogP contribution in [0.5, 0.6) is 5.88 Å². The van der Waals surface area contributed by atoms with Gasteiger partial charge in [0.15, 0.2) is 0 Å². The van der Waals surface area contributed by atoms with E-state index in [1.54, 1.807) is 6.33 Å². The Morgan fingerprint density at radius 3 is 2.79 bits per heavy atom. The van der Waals surface area contributed by atoms with Crippen LogP contribution < -0.4 is 10.1 Å². The number of nitrogens with one attached hydrogen (secondary N) is 1. The van der Waals surface area contributed by atoms with E-state index in [2.05, 4.69) is 65.5 Å². The Bertz CT molecular complexity index is 803. The molecule has 1 fully saturated rings. The van der Waals surface area contributed by atoms with Crippen molar-refractivity contribution >= 4 is 5.82 Å². The summed E-state index contributed by atoms with van der Waals surface area (Å²) in [6.07, 6.45) is 3.86. The maximum atomic E-state index is 9.96. The highest BCUT2D eigenvalue weighted by Crippen LogP contribution is 2.38. The second-order valence-electron chi connectivity index (χ2n) is 8.54. The lowest BCUT2D eigenvalue weighted by Gasteiger charge is -2.25. The Hall–Kier alpha value is -2.18. The number of fused-ring (bicyclic) bond motifs is 1. The Morgan fingerprint density at radius 2 is 2.04 bits per heavy atom. The number of aliphatic hydroxyl groups is 1. The lowest BCUT2D eigenvalue weighted by Crippen LogP contribution is -2.28. The smallest absolute Gasteiger partial charge is 0.218 e. The number of nitrogens with zero attached hydrogens (tertiary/aromatic N) is 3. The fraction of sp³-hybridized carbons (Fsp3) is 0.545. The lowest BCUT2D eigenvalue weighted by atomic mass is 10.00. The van der Waals surface area contributed by atoms with Gasteiger partial charge in [-0.2, -0.15) is 0 Å². The molecular weight excluding hydrogens is 352 g/mol. The van der Waals surface area contributed by atoms with Crippen LogP contribution in [-0.4, -0.2) is 52.8 Å². The largest absolute Gasteiger partial charge is 0.474 e. The molecule has 2 aliphatic rings. The van der Waals surface area contributed by atoms with Gasteiger partial charge in [-0.3, -0.25) is 0 Å². The number of ether oxygens (including phenoxy) is 1. The average Bonchev–Trinajstić information content (AvgIpc) is 3.14. The van der Waals surface area contributed by atoms with Gasteiger partial charge in [-0.05, 0) is 44.0 Å². The van der Waals surface area contributed by atoms with Crippen molar-refractivity contribution in [2.45, 2.75) is 44.4 Å². The van der Waals surface area contributed by atoms with E-state index in [-0.39, 0.29) is 24.2 Å². The molecule has 1 saturated carbocycles. The van der Waals surface area contributed by atoms with Crippen LogP contribution in [0.1, 0.15) is 36.9 Å². The van der Waals surface area contributed by atoms with Crippen molar-refractivity contribution in [2.75, 3.05) is 26.0 Å². The second kappa shape index (κ2) is 8.05. The summed E-state index contributed by atoms with van der Waals surface area (Å²) >= 11 is 0. The Balaban J connectivity index is 1.49. The fourth-order valence-corrected chi connectivity index (χ4v) is 4.59. The van der Waals surface area contributed by atoms with E-state index < -0.39 is 0 Å². The lowest BCUT2D eigenvalue weighted by molar-refractivity contribution is 0.128. The molecule has 2 aromatic rings. The molecule has 0 radical (unpaired) electrons. The number of rotatable bonds is 6. The standard InChI is InChI=1S/C22H30N4O2/c1-14-8-17(10-19(14)27)28-21-11-20(23-13-24-21)25-22-16(12-26(2)3)9-15-6-4-5-7-18(15)22/h4-7,11,13-14,16-17,19,22,27H,8-10,12H2,1-3H3,(H,23,24,25)/t14-,16+,17+,19-,22-/m0/s1. The first-order valence-corrected chi connectivity index (χ1v) is 10.2. The van der Waals surface area contributed by atoms with Crippen LogP contribution in [0.15, 0.2) is 36.7 Å². The molecule has 2 N–H and O–H groups in total. The molecule has 4 rings (SSSR count). The minimum Gasteiger partial charge on any atom is -0.474 e. The van der Waals surface area contributed by atoms with E-state index in [1.807, 2.05) is 6.07 Å². The zero-order chi connectivity index (χ0) is 19.7. The summed E-state index contributed by atoms with van der Waals surface area (Å²) in [6, 6.07) is 10.7. The van der Waals surface area contributed by atoms with Gasteiger partial charge in [0, 0.05) is 24.9 Å². The Morgan fingerprint density at radius 1 is 1.21 bits per heavy atom. The van der Waals surface area contributed by atoms with Crippen LogP contribution >= 0.6 is 0 Å². The van der Waals surface area contributed by atoms with Crippen LogP contribution in [0.3, 0.4) is 0 Å². The SMILES string of the molecule is C[C@H]1C[C@@H](Oc2cc(N[C@@H]3c4ccccc4C[C@@H]3CN(C)C)ncn2)C[C@@H]1O. The number of hydrogen-bond acceptors (Lipinski definition) is 6. The Kier molecular flexibility index (Phi) is 5.51. The van der Waals surface area contributed by atoms with Crippen LogP contribution in [0.25, 0.3) is 0 Å². The third kappa shape index (κ3) is 4.13. The monoisotopic (exact) mass is 382 g/mol. The molecule has 1 aromatic carbocycles. The molecule has 5 atom stereocenters. The minimum absolute atomic E-state index is 0.0152. The van der Waals surface area contributed by atoms with Crippen molar-refractivity contribution in [3.8, 4) is 5.88 Å². The van der Waals surface area contributed by atoms with E-state index >= 15 is 0 Å². The van der Waals surface area contributed by atoms with Gasteiger partial charge < -0.3 is 20.1 Å². The van der Waals surface area contributed by atoms with Crippen LogP contribution in [0.2, 0.25) is 0 Å². The van der Waals surface area contributed by atoms with Crippen molar-refractivity contribution in [3.05, 3.63) is 47.8 Å². The molecule has 1 heterocycles. The summed E-state index contributed by atoms with van der Waals surface area (Å²) in [5, 5.41) is 13.6. The predicted octanol–water partition coefficient (Wildman–Crippen LogP) is 2.90. The fourth-order valence-electron chi connectivity index (χ4n) is 4.59. The third-order valence-corrected chi connectivity index (χ3v) is 5.97. The van der Waals surface area contributed by atoms with Gasteiger partial charge in [-0.25, -0.2) is 9.97 Å². The summed E-state index contributed by atoms with van der Waals surface area (Å²) in [7, 11) is 4.24. The van der Waals surface area contributed by atoms with Crippen LogP contribution in [-0.2, 0) is 6.42 Å². The molecule has 6 heteroatoms. The molecule has 0 spiro atoms. The van der Waals surface area contributed by atoms with Gasteiger partial charge in [-0.15, -0.1) is 0 Å². The van der Waals surface area contributed by atoms with Gasteiger partial charge in [0.2, 0.25) is 5.88 Å². The van der Waals surface area contributed by atoms with Crippen LogP contribution in [0, 0.1) is 11.8 Å². The molecule has 6 nitrogen and oxygen atoms in total. The number of hydrogen-bond donors (Lipinski definition) is 2. The first-order chi connectivity index (χ1) is 13.5. The summed E-state index contributed by atoms with van der Waals surface area (Å²) < 4.78 is 6.02. The van der Waals surface area contributed by atoms with E-state index in [4.69, 9.17) is 4.74 Å². The van der Waals surface area contributed by atoms with Crippen molar-refractivity contribution in [3.63, 3.8) is 0 Å². The zero-order valence-corrected chi connectivity index (χ0v) is 16.9. The first-order valence-electron chi connectivity index (χ1n) is 10.2. The van der Waals surface area contributed by atoms with Gasteiger partial charge in [-0.1, -0.05) is 31.2 Å². The predicted molar refractivity (Wildman–Crippen MR) is 109 cm³/mol. The van der Waals surface area contributed by atoms with Crippen molar-refractivity contribution in [2.24, 2.45) is 11.8 Å². The topological polar surface area (TPSA) is 70.5 Å². The maximum Gasteiger partial charge on any atom is 0.218 e. The highest BCUT2D eigenvalue weighted by Gasteiger charge is 2.33. The normalized spacial score (nSPS) is 29.1. The molecule has 2 aliphatic carbocycles. The Labute approximate surface area is 167 Å². The van der Waals surface area contributed by atoms with Gasteiger partial charge in [0.05, 0.1) is 12.1 Å². The van der Waals surface area contributed by atoms with E-state index in [0.717, 1.165) is 25.2 Å². The number of aromatic nitrogens is 2. The molecule has 0 aliphatic heterocycles. The zero-order valence-electron chi connectivity index (χ0n) is 16.9. The molecule has 0 unspecified atom stereocenters. The van der Waals surface area contributed by atoms with E-state index in [1.165, 1.54) is 11.1 Å². The molecule has 0 amide bonds. The minimum atomic E-state index is -0.286. The highest BCUT2D eigenvalue weighted by molar-refractivity contribution is 5.45. The third-order valence-electron chi connectivity index (χ3n) is 5.97. The molecule has 1 aromatic heterocycles. The highest BCUT2D eigenvalue weighted by atomic mass is 16.5. The summed E-state index contributed by atoms with van der Waals surface area (Å²) in [6.45, 7) is 3.07. The maximum absolute atomic E-state index is 9.96. The van der Waals surface area contributed by atoms with Gasteiger partial charge in [0.1, 0.15) is 18.2 Å². The number of benzene rings is 1. The van der Waals surface area contributed by atoms with E-state index in [9.17, 15) is 5.11 Å². The van der Waals surface area contributed by atoms with Gasteiger partial charge >= 0.3 is 0 Å². The molecule has 28 heavy (non-hydrogen) atoms. The number of aliphatic hydroxyl groups excluding tert-OH is 1. The number of anilines is 1. The molecule has 0 saturated heterocycles. The summed E-state index contributed by atoms with van der Waals surface area (Å²) in [5.41, 5.74) is 2.76. The summed E-state index contributed by atoms with van der Waals surface area (Å²) in [4.78, 5) is 10.9. The summed E-state index contributed by atoms with van der Waals surface area (Å²) in [5.74, 6) is 2.10. The van der Waals surface area contributed by atoms with Crippen LogP contribution in [0.4, 0.5) is 5.82 Å². The van der Waals surface area contributed by atoms with Crippen molar-refractivity contribution in [1.29, 1.82) is 0 Å². The van der Waals surface area contributed by atoms with E-state index in [0.29, 0.717) is 18.2 Å². The molecular formula is C22H30N4O2.